The SMILES string of the molecule is CC(CN)Cc1ccn2ncnc2c1. The van der Waals surface area contributed by atoms with Gasteiger partial charge < -0.3 is 5.73 Å². The minimum absolute atomic E-state index is 0.514. The van der Waals surface area contributed by atoms with Crippen molar-refractivity contribution in [1.29, 1.82) is 0 Å². The highest BCUT2D eigenvalue weighted by atomic mass is 15.3. The molecule has 2 aromatic rings. The maximum Gasteiger partial charge on any atom is 0.155 e. The standard InChI is InChI=1S/C10H14N4/c1-8(6-11)4-9-2-3-14-10(5-9)12-7-13-14/h2-3,5,7-8H,4,6,11H2,1H3. The Morgan fingerprint density at radius 3 is 3.21 bits per heavy atom. The Bertz CT molecular complexity index is 421. The molecule has 1 atom stereocenters. The summed E-state index contributed by atoms with van der Waals surface area (Å²) >= 11 is 0. The van der Waals surface area contributed by atoms with Gasteiger partial charge >= 0.3 is 0 Å². The van der Waals surface area contributed by atoms with Gasteiger partial charge in [0.05, 0.1) is 0 Å². The van der Waals surface area contributed by atoms with Gasteiger partial charge in [-0.15, -0.1) is 0 Å². The van der Waals surface area contributed by atoms with E-state index >= 15 is 0 Å². The first kappa shape index (κ1) is 9.15. The van der Waals surface area contributed by atoms with E-state index in [1.165, 1.54) is 5.56 Å². The Balaban J connectivity index is 2.25. The third kappa shape index (κ3) is 1.75. The highest BCUT2D eigenvalue weighted by Crippen LogP contribution is 2.09. The van der Waals surface area contributed by atoms with Gasteiger partial charge in [0.15, 0.2) is 5.65 Å². The summed E-state index contributed by atoms with van der Waals surface area (Å²) in [4.78, 5) is 4.13. The lowest BCUT2D eigenvalue weighted by molar-refractivity contribution is 0.592. The van der Waals surface area contributed by atoms with Gasteiger partial charge in [-0.3, -0.25) is 0 Å². The molecule has 0 fully saturated rings. The molecule has 2 heterocycles. The van der Waals surface area contributed by atoms with Crippen LogP contribution in [0.5, 0.6) is 0 Å². The lowest BCUT2D eigenvalue weighted by Crippen LogP contribution is -2.13. The number of nitrogens with two attached hydrogens (primary N) is 1. The van der Waals surface area contributed by atoms with E-state index in [1.54, 1.807) is 10.8 Å². The number of nitrogens with zero attached hydrogens (tertiary/aromatic N) is 3. The monoisotopic (exact) mass is 190 g/mol. The molecule has 2 aromatic heterocycles. The topological polar surface area (TPSA) is 56.2 Å². The summed E-state index contributed by atoms with van der Waals surface area (Å²) in [6.07, 6.45) is 4.49. The van der Waals surface area contributed by atoms with Crippen LogP contribution in [0.15, 0.2) is 24.7 Å². The van der Waals surface area contributed by atoms with Gasteiger partial charge in [-0.1, -0.05) is 6.92 Å². The van der Waals surface area contributed by atoms with E-state index in [9.17, 15) is 0 Å². The van der Waals surface area contributed by atoms with Crippen molar-refractivity contribution in [1.82, 2.24) is 14.6 Å². The number of fused-ring (bicyclic) bond motifs is 1. The molecular formula is C10H14N4. The van der Waals surface area contributed by atoms with Gasteiger partial charge in [0.1, 0.15) is 6.33 Å². The van der Waals surface area contributed by atoms with E-state index in [-0.39, 0.29) is 0 Å². The number of rotatable bonds is 3. The molecule has 0 aliphatic rings. The molecule has 0 aliphatic heterocycles. The molecule has 0 bridgehead atoms. The van der Waals surface area contributed by atoms with Crippen molar-refractivity contribution in [2.75, 3.05) is 6.54 Å². The second-order valence-corrected chi connectivity index (χ2v) is 3.64. The molecule has 4 nitrogen and oxygen atoms in total. The second kappa shape index (κ2) is 3.75. The largest absolute Gasteiger partial charge is 0.330 e. The first-order valence-corrected chi connectivity index (χ1v) is 4.78. The van der Waals surface area contributed by atoms with E-state index in [0.717, 1.165) is 18.6 Å². The molecule has 0 saturated heterocycles. The highest BCUT2D eigenvalue weighted by Gasteiger charge is 2.02. The minimum Gasteiger partial charge on any atom is -0.330 e. The van der Waals surface area contributed by atoms with Crippen LogP contribution in [0.1, 0.15) is 12.5 Å². The Hall–Kier alpha value is -1.42. The highest BCUT2D eigenvalue weighted by molar-refractivity contribution is 5.39. The van der Waals surface area contributed by atoms with Gasteiger partial charge in [0, 0.05) is 6.20 Å². The zero-order chi connectivity index (χ0) is 9.97. The summed E-state index contributed by atoms with van der Waals surface area (Å²) in [6, 6.07) is 4.12. The molecule has 74 valence electrons. The molecule has 4 heteroatoms. The zero-order valence-corrected chi connectivity index (χ0v) is 8.22. The van der Waals surface area contributed by atoms with Gasteiger partial charge in [-0.2, -0.15) is 5.10 Å². The maximum absolute atomic E-state index is 5.58. The fourth-order valence-corrected chi connectivity index (χ4v) is 1.47. The maximum atomic E-state index is 5.58. The smallest absolute Gasteiger partial charge is 0.155 e. The Morgan fingerprint density at radius 1 is 1.57 bits per heavy atom. The summed E-state index contributed by atoms with van der Waals surface area (Å²) in [5.41, 5.74) is 7.74. The Morgan fingerprint density at radius 2 is 2.43 bits per heavy atom. The van der Waals surface area contributed by atoms with Crippen molar-refractivity contribution in [2.45, 2.75) is 13.3 Å². The van der Waals surface area contributed by atoms with Crippen LogP contribution in [0.2, 0.25) is 0 Å². The van der Waals surface area contributed by atoms with E-state index in [0.29, 0.717) is 5.92 Å². The summed E-state index contributed by atoms with van der Waals surface area (Å²) in [6.45, 7) is 2.87. The average molecular weight is 190 g/mol. The van der Waals surface area contributed by atoms with Crippen molar-refractivity contribution >= 4 is 5.65 Å². The van der Waals surface area contributed by atoms with E-state index in [2.05, 4.69) is 29.1 Å². The molecule has 1 unspecified atom stereocenters. The summed E-state index contributed by atoms with van der Waals surface area (Å²) < 4.78 is 1.76. The Labute approximate surface area is 82.8 Å². The fraction of sp³-hybridized carbons (Fsp3) is 0.400. The molecule has 0 spiro atoms. The van der Waals surface area contributed by atoms with Crippen LogP contribution in [0.4, 0.5) is 0 Å². The summed E-state index contributed by atoms with van der Waals surface area (Å²) in [5.74, 6) is 0.514. The summed E-state index contributed by atoms with van der Waals surface area (Å²) in [5, 5.41) is 4.04. The van der Waals surface area contributed by atoms with Crippen LogP contribution < -0.4 is 5.73 Å². The van der Waals surface area contributed by atoms with Gasteiger partial charge in [-0.05, 0) is 36.6 Å². The van der Waals surface area contributed by atoms with E-state index in [1.807, 2.05) is 6.20 Å². The predicted octanol–water partition coefficient (Wildman–Crippen LogP) is 0.867. The van der Waals surface area contributed by atoms with Crippen LogP contribution >= 0.6 is 0 Å². The molecule has 2 N–H and O–H groups in total. The molecule has 0 amide bonds. The number of pyridine rings is 1. The zero-order valence-electron chi connectivity index (χ0n) is 8.22. The Kier molecular flexibility index (Phi) is 2.45. The van der Waals surface area contributed by atoms with Crippen LogP contribution in [-0.2, 0) is 6.42 Å². The first-order chi connectivity index (χ1) is 6.79. The molecular weight excluding hydrogens is 176 g/mol. The molecule has 2 rings (SSSR count). The number of hydrogen-bond donors (Lipinski definition) is 1. The molecule has 0 saturated carbocycles. The van der Waals surface area contributed by atoms with Gasteiger partial charge in [0.2, 0.25) is 0 Å². The van der Waals surface area contributed by atoms with Gasteiger partial charge in [0.25, 0.3) is 0 Å². The fourth-order valence-electron chi connectivity index (χ4n) is 1.47. The second-order valence-electron chi connectivity index (χ2n) is 3.64. The third-order valence-corrected chi connectivity index (χ3v) is 2.33. The lowest BCUT2D eigenvalue weighted by Gasteiger charge is -2.07. The van der Waals surface area contributed by atoms with Crippen molar-refractivity contribution in [3.63, 3.8) is 0 Å². The molecule has 0 aromatic carbocycles. The molecule has 14 heavy (non-hydrogen) atoms. The van der Waals surface area contributed by atoms with Crippen molar-refractivity contribution in [2.24, 2.45) is 11.7 Å². The molecule has 0 aliphatic carbocycles. The van der Waals surface area contributed by atoms with Crippen LogP contribution in [0.3, 0.4) is 0 Å². The summed E-state index contributed by atoms with van der Waals surface area (Å²) in [7, 11) is 0. The van der Waals surface area contributed by atoms with E-state index < -0.39 is 0 Å². The average Bonchev–Trinajstić information content (AvgIpc) is 2.64. The van der Waals surface area contributed by atoms with Crippen LogP contribution in [0.25, 0.3) is 5.65 Å². The van der Waals surface area contributed by atoms with Crippen LogP contribution in [-0.4, -0.2) is 21.1 Å². The molecule has 0 radical (unpaired) electrons. The van der Waals surface area contributed by atoms with Crippen molar-refractivity contribution in [3.05, 3.63) is 30.2 Å². The normalized spacial score (nSPS) is 13.3. The lowest BCUT2D eigenvalue weighted by atomic mass is 10.0. The van der Waals surface area contributed by atoms with Gasteiger partial charge in [-0.25, -0.2) is 9.50 Å². The van der Waals surface area contributed by atoms with Crippen LogP contribution in [0, 0.1) is 5.92 Å². The van der Waals surface area contributed by atoms with Crippen molar-refractivity contribution < 1.29 is 0 Å². The van der Waals surface area contributed by atoms with Crippen molar-refractivity contribution in [3.8, 4) is 0 Å². The predicted molar refractivity (Wildman–Crippen MR) is 54.9 cm³/mol. The number of aromatic nitrogens is 3. The quantitative estimate of drug-likeness (QED) is 0.781. The number of hydrogen-bond acceptors (Lipinski definition) is 3. The third-order valence-electron chi connectivity index (χ3n) is 2.33. The first-order valence-electron chi connectivity index (χ1n) is 4.78. The van der Waals surface area contributed by atoms with E-state index in [4.69, 9.17) is 5.73 Å². The minimum atomic E-state index is 0.514.